The molecule has 0 spiro atoms. The Kier molecular flexibility index (Phi) is 7.00. The summed E-state index contributed by atoms with van der Waals surface area (Å²) in [4.78, 5) is 9.70. The summed E-state index contributed by atoms with van der Waals surface area (Å²) in [5.41, 5.74) is 3.83. The highest BCUT2D eigenvalue weighted by molar-refractivity contribution is 5.80. The molecule has 1 heterocycles. The average molecular weight is 372 g/mol. The van der Waals surface area contributed by atoms with Crippen LogP contribution < -0.4 is 15.5 Å². The van der Waals surface area contributed by atoms with E-state index in [1.54, 1.807) is 0 Å². The summed E-state index contributed by atoms with van der Waals surface area (Å²) in [5, 5.41) is 7.10. The summed E-state index contributed by atoms with van der Waals surface area (Å²) in [6.07, 6.45) is 6.83. The van der Waals surface area contributed by atoms with Crippen molar-refractivity contribution in [3.63, 3.8) is 0 Å². The van der Waals surface area contributed by atoms with E-state index in [9.17, 15) is 0 Å². The number of hydrogen-bond acceptors (Lipinski definition) is 3. The van der Waals surface area contributed by atoms with Gasteiger partial charge in [-0.3, -0.25) is 4.90 Å². The molecule has 1 atom stereocenters. The third-order valence-corrected chi connectivity index (χ3v) is 6.00. The van der Waals surface area contributed by atoms with Gasteiger partial charge < -0.3 is 15.5 Å². The van der Waals surface area contributed by atoms with Crippen molar-refractivity contribution in [3.05, 3.63) is 29.3 Å². The van der Waals surface area contributed by atoms with Gasteiger partial charge in [0.2, 0.25) is 0 Å². The smallest absolute Gasteiger partial charge is 0.191 e. The van der Waals surface area contributed by atoms with Crippen LogP contribution in [0.5, 0.6) is 0 Å². The zero-order chi connectivity index (χ0) is 19.2. The molecule has 0 bridgehead atoms. The number of guanidine groups is 1. The molecule has 1 aliphatic carbocycles. The first-order valence-electron chi connectivity index (χ1n) is 10.6. The lowest BCUT2D eigenvalue weighted by molar-refractivity contribution is 0.242. The van der Waals surface area contributed by atoms with Crippen molar-refractivity contribution in [2.45, 2.75) is 64.6 Å². The lowest BCUT2D eigenvalue weighted by Gasteiger charge is -2.24. The second kappa shape index (κ2) is 9.45. The van der Waals surface area contributed by atoms with Crippen LogP contribution in [0.15, 0.2) is 23.2 Å². The Labute approximate surface area is 165 Å². The van der Waals surface area contributed by atoms with Gasteiger partial charge in [-0.1, -0.05) is 18.9 Å². The van der Waals surface area contributed by atoms with Crippen molar-refractivity contribution in [2.24, 2.45) is 4.99 Å². The van der Waals surface area contributed by atoms with Crippen LogP contribution >= 0.6 is 0 Å². The molecular formula is C22H37N5. The Hall–Kier alpha value is -1.75. The molecule has 150 valence electrons. The molecule has 2 N–H and O–H groups in total. The van der Waals surface area contributed by atoms with Gasteiger partial charge >= 0.3 is 0 Å². The minimum Gasteiger partial charge on any atom is -0.378 e. The van der Waals surface area contributed by atoms with Gasteiger partial charge in [0.05, 0.1) is 6.54 Å². The van der Waals surface area contributed by atoms with Gasteiger partial charge in [-0.2, -0.15) is 0 Å². The van der Waals surface area contributed by atoms with Crippen molar-refractivity contribution >= 4 is 11.6 Å². The third kappa shape index (κ3) is 5.38. The van der Waals surface area contributed by atoms with Crippen molar-refractivity contribution < 1.29 is 0 Å². The SMILES string of the molecule is CCNC(=NCc1ccc(N(C)C)cc1C)NC1CCN(C2CCCC2)C1. The number of likely N-dealkylation sites (tertiary alicyclic amines) is 1. The van der Waals surface area contributed by atoms with E-state index in [0.717, 1.165) is 25.1 Å². The van der Waals surface area contributed by atoms with E-state index in [1.807, 2.05) is 0 Å². The number of benzene rings is 1. The summed E-state index contributed by atoms with van der Waals surface area (Å²) in [6, 6.07) is 7.96. The first kappa shape index (κ1) is 20.0. The lowest BCUT2D eigenvalue weighted by atomic mass is 10.1. The van der Waals surface area contributed by atoms with Crippen molar-refractivity contribution in [1.82, 2.24) is 15.5 Å². The zero-order valence-corrected chi connectivity index (χ0v) is 17.6. The van der Waals surface area contributed by atoms with Gasteiger partial charge in [0.25, 0.3) is 0 Å². The van der Waals surface area contributed by atoms with E-state index in [2.05, 4.69) is 66.6 Å². The Bertz CT molecular complexity index is 634. The standard InChI is InChI=1S/C22H37N5/c1-5-23-22(24-15-18-10-11-21(26(3)4)14-17(18)2)25-19-12-13-27(16-19)20-8-6-7-9-20/h10-11,14,19-20H,5-9,12-13,15-16H2,1-4H3,(H2,23,24,25). The fourth-order valence-electron chi connectivity index (χ4n) is 4.32. The van der Waals surface area contributed by atoms with Crippen LogP contribution in [0.1, 0.15) is 50.2 Å². The molecule has 1 saturated heterocycles. The first-order valence-corrected chi connectivity index (χ1v) is 10.6. The lowest BCUT2D eigenvalue weighted by Crippen LogP contribution is -2.45. The van der Waals surface area contributed by atoms with E-state index in [-0.39, 0.29) is 0 Å². The second-order valence-corrected chi connectivity index (χ2v) is 8.26. The molecule has 3 rings (SSSR count). The molecule has 0 amide bonds. The molecule has 5 heteroatoms. The largest absolute Gasteiger partial charge is 0.378 e. The van der Waals surface area contributed by atoms with Crippen LogP contribution in [-0.4, -0.2) is 56.7 Å². The number of hydrogen-bond donors (Lipinski definition) is 2. The van der Waals surface area contributed by atoms with Crippen molar-refractivity contribution in [1.29, 1.82) is 0 Å². The molecular weight excluding hydrogens is 334 g/mol. The van der Waals surface area contributed by atoms with E-state index in [4.69, 9.17) is 4.99 Å². The molecule has 0 aromatic heterocycles. The molecule has 1 aliphatic heterocycles. The normalized spacial score (nSPS) is 21.6. The topological polar surface area (TPSA) is 42.9 Å². The molecule has 1 aromatic carbocycles. The summed E-state index contributed by atoms with van der Waals surface area (Å²) < 4.78 is 0. The van der Waals surface area contributed by atoms with Gasteiger partial charge in [0, 0.05) is 51.5 Å². The minimum atomic E-state index is 0.514. The number of nitrogens with zero attached hydrogens (tertiary/aromatic N) is 3. The van der Waals surface area contributed by atoms with Crippen LogP contribution in [-0.2, 0) is 6.54 Å². The zero-order valence-electron chi connectivity index (χ0n) is 17.6. The van der Waals surface area contributed by atoms with Gasteiger partial charge in [-0.25, -0.2) is 4.99 Å². The highest BCUT2D eigenvalue weighted by Crippen LogP contribution is 2.26. The molecule has 1 unspecified atom stereocenters. The van der Waals surface area contributed by atoms with Gasteiger partial charge in [-0.15, -0.1) is 0 Å². The maximum absolute atomic E-state index is 4.87. The second-order valence-electron chi connectivity index (χ2n) is 8.26. The Morgan fingerprint density at radius 3 is 2.67 bits per heavy atom. The van der Waals surface area contributed by atoms with Crippen LogP contribution in [0.2, 0.25) is 0 Å². The predicted octanol–water partition coefficient (Wildman–Crippen LogP) is 3.13. The molecule has 2 fully saturated rings. The van der Waals surface area contributed by atoms with Crippen molar-refractivity contribution in [3.8, 4) is 0 Å². The van der Waals surface area contributed by atoms with Gasteiger partial charge in [-0.05, 0) is 56.4 Å². The molecule has 1 saturated carbocycles. The summed E-state index contributed by atoms with van der Waals surface area (Å²) >= 11 is 0. The van der Waals surface area contributed by atoms with E-state index < -0.39 is 0 Å². The van der Waals surface area contributed by atoms with Crippen LogP contribution in [0.4, 0.5) is 5.69 Å². The molecule has 1 aromatic rings. The first-order chi connectivity index (χ1) is 13.1. The third-order valence-electron chi connectivity index (χ3n) is 6.00. The number of nitrogens with one attached hydrogen (secondary N) is 2. The number of anilines is 1. The summed E-state index contributed by atoms with van der Waals surface area (Å²) in [5.74, 6) is 0.951. The number of rotatable bonds is 6. The number of aryl methyl sites for hydroxylation is 1. The van der Waals surface area contributed by atoms with Crippen LogP contribution in [0.3, 0.4) is 0 Å². The van der Waals surface area contributed by atoms with E-state index >= 15 is 0 Å². The van der Waals surface area contributed by atoms with Crippen molar-refractivity contribution in [2.75, 3.05) is 38.6 Å². The predicted molar refractivity (Wildman–Crippen MR) is 116 cm³/mol. The minimum absolute atomic E-state index is 0.514. The maximum atomic E-state index is 4.87. The fourth-order valence-corrected chi connectivity index (χ4v) is 4.32. The summed E-state index contributed by atoms with van der Waals surface area (Å²) in [6.45, 7) is 8.30. The highest BCUT2D eigenvalue weighted by Gasteiger charge is 2.30. The van der Waals surface area contributed by atoms with Gasteiger partial charge in [0.1, 0.15) is 0 Å². The Morgan fingerprint density at radius 2 is 2.00 bits per heavy atom. The van der Waals surface area contributed by atoms with Crippen LogP contribution in [0, 0.1) is 6.92 Å². The monoisotopic (exact) mass is 371 g/mol. The summed E-state index contributed by atoms with van der Waals surface area (Å²) in [7, 11) is 4.16. The van der Waals surface area contributed by atoms with Crippen LogP contribution in [0.25, 0.3) is 0 Å². The maximum Gasteiger partial charge on any atom is 0.191 e. The highest BCUT2D eigenvalue weighted by atomic mass is 15.3. The molecule has 2 aliphatic rings. The Balaban J connectivity index is 1.58. The molecule has 5 nitrogen and oxygen atoms in total. The number of aliphatic imine (C=N–C) groups is 1. The quantitative estimate of drug-likeness (QED) is 0.596. The molecule has 27 heavy (non-hydrogen) atoms. The van der Waals surface area contributed by atoms with Gasteiger partial charge in [0.15, 0.2) is 5.96 Å². The van der Waals surface area contributed by atoms with E-state index in [1.165, 1.54) is 55.5 Å². The molecule has 0 radical (unpaired) electrons. The van der Waals surface area contributed by atoms with E-state index in [0.29, 0.717) is 12.6 Å². The average Bonchev–Trinajstić information content (AvgIpc) is 3.32. The fraction of sp³-hybridized carbons (Fsp3) is 0.682. The Morgan fingerprint density at radius 1 is 1.22 bits per heavy atom.